The number of hydrogen-bond acceptors (Lipinski definition) is 5. The Morgan fingerprint density at radius 2 is 2.08 bits per heavy atom. The molecule has 0 spiro atoms. The fourth-order valence-electron chi connectivity index (χ4n) is 3.42. The predicted octanol–water partition coefficient (Wildman–Crippen LogP) is 1.45. The van der Waals surface area contributed by atoms with Gasteiger partial charge in [0.2, 0.25) is 5.91 Å². The van der Waals surface area contributed by atoms with Crippen molar-refractivity contribution in [3.63, 3.8) is 0 Å². The quantitative estimate of drug-likeness (QED) is 0.838. The molecular formula is C16H21ClN2O4S. The molecule has 1 fully saturated rings. The van der Waals surface area contributed by atoms with Crippen molar-refractivity contribution in [3.05, 3.63) is 28.8 Å². The summed E-state index contributed by atoms with van der Waals surface area (Å²) in [7, 11) is -3.53. The first-order chi connectivity index (χ1) is 11.3. The Bertz CT molecular complexity index is 744. The molecule has 0 radical (unpaired) electrons. The lowest BCUT2D eigenvalue weighted by atomic mass is 9.94. The summed E-state index contributed by atoms with van der Waals surface area (Å²) in [5.74, 6) is 0.138. The lowest BCUT2D eigenvalue weighted by Gasteiger charge is -2.36. The number of halogens is 1. The van der Waals surface area contributed by atoms with Crippen molar-refractivity contribution in [1.82, 2.24) is 10.6 Å². The number of rotatable bonds is 3. The Morgan fingerprint density at radius 1 is 1.38 bits per heavy atom. The fourth-order valence-corrected chi connectivity index (χ4v) is 5.00. The van der Waals surface area contributed by atoms with Crippen LogP contribution in [0.3, 0.4) is 0 Å². The number of amides is 1. The molecule has 1 amide bonds. The molecule has 2 aliphatic heterocycles. The van der Waals surface area contributed by atoms with Crippen LogP contribution in [0.5, 0.6) is 5.75 Å². The highest BCUT2D eigenvalue weighted by Gasteiger charge is 2.49. The predicted molar refractivity (Wildman–Crippen MR) is 92.1 cm³/mol. The third-order valence-electron chi connectivity index (χ3n) is 4.87. The summed E-state index contributed by atoms with van der Waals surface area (Å²) in [6.07, 6.45) is 2.29. The van der Waals surface area contributed by atoms with Gasteiger partial charge in [-0.25, -0.2) is 8.42 Å². The number of carbonyl (C=O) groups excluding carboxylic acids is 1. The Morgan fingerprint density at radius 3 is 2.75 bits per heavy atom. The Balaban J connectivity index is 1.89. The molecule has 0 bridgehead atoms. The number of sulfone groups is 1. The van der Waals surface area contributed by atoms with Crippen LogP contribution in [0.15, 0.2) is 18.2 Å². The number of para-hydroxylation sites is 1. The summed E-state index contributed by atoms with van der Waals surface area (Å²) >= 11 is 6.15. The zero-order valence-electron chi connectivity index (χ0n) is 13.5. The van der Waals surface area contributed by atoms with Gasteiger partial charge < -0.3 is 15.4 Å². The molecule has 1 saturated heterocycles. The lowest BCUT2D eigenvalue weighted by Crippen LogP contribution is -2.57. The van der Waals surface area contributed by atoms with Gasteiger partial charge in [0.15, 0.2) is 14.6 Å². The molecule has 2 N–H and O–H groups in total. The van der Waals surface area contributed by atoms with Gasteiger partial charge in [0.1, 0.15) is 5.75 Å². The van der Waals surface area contributed by atoms with Crippen LogP contribution in [0.1, 0.15) is 30.9 Å². The van der Waals surface area contributed by atoms with Gasteiger partial charge in [0.05, 0.1) is 17.7 Å². The summed E-state index contributed by atoms with van der Waals surface area (Å²) in [6.45, 7) is 1.45. The van der Waals surface area contributed by atoms with Crippen molar-refractivity contribution in [2.75, 3.05) is 26.0 Å². The summed E-state index contributed by atoms with van der Waals surface area (Å²) in [5, 5.41) is 6.54. The molecule has 8 heteroatoms. The third kappa shape index (κ3) is 3.00. The van der Waals surface area contributed by atoms with E-state index in [0.717, 1.165) is 11.8 Å². The maximum absolute atomic E-state index is 12.9. The van der Waals surface area contributed by atoms with E-state index in [0.29, 0.717) is 36.9 Å². The van der Waals surface area contributed by atoms with Gasteiger partial charge in [-0.3, -0.25) is 4.79 Å². The van der Waals surface area contributed by atoms with Crippen molar-refractivity contribution in [2.45, 2.75) is 30.1 Å². The zero-order chi connectivity index (χ0) is 17.4. The smallest absolute Gasteiger partial charge is 0.242 e. The normalized spacial score (nSPS) is 23.0. The number of benzene rings is 1. The SMILES string of the molecule is CS(=O)(=O)C1(C(=O)NC2CCOc3c(Cl)cccc32)CCNCC1. The van der Waals surface area contributed by atoms with Crippen LogP contribution in [0.4, 0.5) is 0 Å². The summed E-state index contributed by atoms with van der Waals surface area (Å²) in [5.41, 5.74) is 0.791. The van der Waals surface area contributed by atoms with E-state index in [4.69, 9.17) is 16.3 Å². The largest absolute Gasteiger partial charge is 0.492 e. The van der Waals surface area contributed by atoms with Gasteiger partial charge in [0.25, 0.3) is 0 Å². The van der Waals surface area contributed by atoms with Gasteiger partial charge in [-0.05, 0) is 32.0 Å². The number of ether oxygens (including phenoxy) is 1. The molecule has 132 valence electrons. The van der Waals surface area contributed by atoms with E-state index in [1.165, 1.54) is 0 Å². The van der Waals surface area contributed by atoms with Gasteiger partial charge in [0, 0.05) is 18.2 Å². The highest BCUT2D eigenvalue weighted by Crippen LogP contribution is 2.38. The van der Waals surface area contributed by atoms with Crippen LogP contribution in [0.2, 0.25) is 5.02 Å². The molecule has 0 aliphatic carbocycles. The van der Waals surface area contributed by atoms with Crippen molar-refractivity contribution < 1.29 is 17.9 Å². The minimum atomic E-state index is -3.53. The van der Waals surface area contributed by atoms with Crippen LogP contribution in [0.25, 0.3) is 0 Å². The molecule has 0 saturated carbocycles. The van der Waals surface area contributed by atoms with E-state index in [1.54, 1.807) is 12.1 Å². The van der Waals surface area contributed by atoms with Crippen LogP contribution < -0.4 is 15.4 Å². The highest BCUT2D eigenvalue weighted by atomic mass is 35.5. The van der Waals surface area contributed by atoms with E-state index < -0.39 is 20.5 Å². The van der Waals surface area contributed by atoms with E-state index >= 15 is 0 Å². The zero-order valence-corrected chi connectivity index (χ0v) is 15.0. The summed E-state index contributed by atoms with van der Waals surface area (Å²) in [4.78, 5) is 12.9. The molecule has 1 aromatic carbocycles. The van der Waals surface area contributed by atoms with Crippen LogP contribution >= 0.6 is 11.6 Å². The second-order valence-electron chi connectivity index (χ2n) is 6.34. The first-order valence-electron chi connectivity index (χ1n) is 7.98. The topological polar surface area (TPSA) is 84.5 Å². The molecule has 2 heterocycles. The number of nitrogens with one attached hydrogen (secondary N) is 2. The average molecular weight is 373 g/mol. The molecule has 6 nitrogen and oxygen atoms in total. The Kier molecular flexibility index (Phi) is 4.77. The number of fused-ring (bicyclic) bond motifs is 1. The Labute approximate surface area is 146 Å². The molecule has 2 aliphatic rings. The molecule has 24 heavy (non-hydrogen) atoms. The maximum Gasteiger partial charge on any atom is 0.242 e. The first kappa shape index (κ1) is 17.5. The van der Waals surface area contributed by atoms with Crippen molar-refractivity contribution >= 4 is 27.3 Å². The van der Waals surface area contributed by atoms with E-state index in [-0.39, 0.29) is 18.9 Å². The van der Waals surface area contributed by atoms with Crippen molar-refractivity contribution in [3.8, 4) is 5.75 Å². The van der Waals surface area contributed by atoms with Crippen LogP contribution in [0, 0.1) is 0 Å². The van der Waals surface area contributed by atoms with Crippen molar-refractivity contribution in [2.24, 2.45) is 0 Å². The minimum absolute atomic E-state index is 0.281. The van der Waals surface area contributed by atoms with Crippen molar-refractivity contribution in [1.29, 1.82) is 0 Å². The third-order valence-corrected chi connectivity index (χ3v) is 7.18. The first-order valence-corrected chi connectivity index (χ1v) is 10.2. The molecular weight excluding hydrogens is 352 g/mol. The second kappa shape index (κ2) is 6.54. The van der Waals surface area contributed by atoms with Gasteiger partial charge >= 0.3 is 0 Å². The second-order valence-corrected chi connectivity index (χ2v) is 9.07. The van der Waals surface area contributed by atoms with Crippen LogP contribution in [-0.4, -0.2) is 45.0 Å². The van der Waals surface area contributed by atoms with Gasteiger partial charge in [-0.15, -0.1) is 0 Å². The lowest BCUT2D eigenvalue weighted by molar-refractivity contribution is -0.125. The Hall–Kier alpha value is -1.31. The van der Waals surface area contributed by atoms with E-state index in [2.05, 4.69) is 10.6 Å². The molecule has 3 rings (SSSR count). The summed E-state index contributed by atoms with van der Waals surface area (Å²) in [6, 6.07) is 5.08. The standard InChI is InChI=1S/C16H21ClN2O4S/c1-24(21,22)16(6-8-18-9-7-16)15(20)19-13-5-10-23-14-11(13)3-2-4-12(14)17/h2-4,13,18H,5-10H2,1H3,(H,19,20). The van der Waals surface area contributed by atoms with Gasteiger partial charge in [-0.1, -0.05) is 23.7 Å². The maximum atomic E-state index is 12.9. The molecule has 1 atom stereocenters. The number of piperidine rings is 1. The summed E-state index contributed by atoms with van der Waals surface area (Å²) < 4.78 is 28.9. The number of carbonyl (C=O) groups is 1. The van der Waals surface area contributed by atoms with E-state index in [9.17, 15) is 13.2 Å². The van der Waals surface area contributed by atoms with E-state index in [1.807, 2.05) is 6.07 Å². The minimum Gasteiger partial charge on any atom is -0.492 e. The fraction of sp³-hybridized carbons (Fsp3) is 0.562. The average Bonchev–Trinajstić information content (AvgIpc) is 2.55. The van der Waals surface area contributed by atoms with Gasteiger partial charge in [-0.2, -0.15) is 0 Å². The number of hydrogen-bond donors (Lipinski definition) is 2. The molecule has 1 unspecified atom stereocenters. The molecule has 0 aromatic heterocycles. The highest BCUT2D eigenvalue weighted by molar-refractivity contribution is 7.92. The van der Waals surface area contributed by atoms with Crippen LogP contribution in [-0.2, 0) is 14.6 Å². The molecule has 1 aromatic rings. The monoisotopic (exact) mass is 372 g/mol.